The maximum Gasteiger partial charge on any atom is 0.142 e. The highest BCUT2D eigenvalue weighted by Gasteiger charge is 2.28. The minimum absolute atomic E-state index is 0.348. The first kappa shape index (κ1) is 13.2. The molecule has 1 aromatic carbocycles. The van der Waals surface area contributed by atoms with E-state index in [0.717, 1.165) is 18.9 Å². The number of anilines is 1. The van der Waals surface area contributed by atoms with Crippen LogP contribution < -0.4 is 10.1 Å². The Hall–Kier alpha value is -0.830. The molecule has 0 aromatic heterocycles. The van der Waals surface area contributed by atoms with E-state index in [1.54, 1.807) is 0 Å². The van der Waals surface area contributed by atoms with Crippen LogP contribution in [0.5, 0.6) is 5.75 Å². The molecule has 1 atom stereocenters. The Labute approximate surface area is 120 Å². The number of hydrogen-bond donors (Lipinski definition) is 1. The first-order valence-corrected chi connectivity index (χ1v) is 8.49. The molecule has 1 aromatic rings. The van der Waals surface area contributed by atoms with E-state index in [1.807, 2.05) is 0 Å². The third kappa shape index (κ3) is 3.02. The van der Waals surface area contributed by atoms with Gasteiger partial charge in [0.05, 0.1) is 12.3 Å². The summed E-state index contributed by atoms with van der Waals surface area (Å²) in [7, 11) is 0. The minimum Gasteiger partial charge on any atom is -0.491 e. The fourth-order valence-corrected chi connectivity index (χ4v) is 4.17. The summed E-state index contributed by atoms with van der Waals surface area (Å²) < 4.78 is 6.17. The van der Waals surface area contributed by atoms with Gasteiger partial charge in [0.25, 0.3) is 0 Å². The van der Waals surface area contributed by atoms with Crippen LogP contribution >= 0.6 is 11.8 Å². The molecule has 3 rings (SSSR count). The zero-order valence-electron chi connectivity index (χ0n) is 11.7. The molecule has 2 aliphatic rings. The van der Waals surface area contributed by atoms with E-state index in [1.165, 1.54) is 48.4 Å². The number of benzene rings is 1. The Kier molecular flexibility index (Phi) is 3.92. The quantitative estimate of drug-likeness (QED) is 0.903. The van der Waals surface area contributed by atoms with Crippen LogP contribution in [-0.4, -0.2) is 24.7 Å². The third-order valence-corrected chi connectivity index (χ3v) is 5.61. The molecule has 0 spiro atoms. The van der Waals surface area contributed by atoms with Crippen molar-refractivity contribution in [1.29, 1.82) is 0 Å². The molecule has 0 aliphatic carbocycles. The van der Waals surface area contributed by atoms with E-state index < -0.39 is 0 Å². The first-order valence-electron chi connectivity index (χ1n) is 7.33. The van der Waals surface area contributed by atoms with E-state index in [2.05, 4.69) is 42.2 Å². The van der Waals surface area contributed by atoms with Gasteiger partial charge < -0.3 is 10.1 Å². The second-order valence-corrected chi connectivity index (χ2v) is 7.18. The lowest BCUT2D eigenvalue weighted by Gasteiger charge is -2.33. The zero-order chi connectivity index (χ0) is 13.1. The van der Waals surface area contributed by atoms with E-state index in [-0.39, 0.29) is 0 Å². The standard InChI is InChI=1S/C16H23NOS/c1-16(8-4-10-19-12-16)11-18-14-7-2-5-13-6-3-9-17-15(13)14/h2,5,7,17H,3-4,6,8-12H2,1H3. The second-order valence-electron chi connectivity index (χ2n) is 6.08. The summed E-state index contributed by atoms with van der Waals surface area (Å²) in [5.74, 6) is 3.60. The van der Waals surface area contributed by atoms with Crippen molar-refractivity contribution in [3.8, 4) is 5.75 Å². The Bertz CT molecular complexity index is 440. The van der Waals surface area contributed by atoms with E-state index in [0.29, 0.717) is 5.41 Å². The monoisotopic (exact) mass is 277 g/mol. The molecule has 1 saturated heterocycles. The number of para-hydroxylation sites is 1. The SMILES string of the molecule is CC1(COc2cccc3c2NCCC3)CCCSC1. The number of nitrogens with one attached hydrogen (secondary N) is 1. The number of ether oxygens (including phenoxy) is 1. The predicted molar refractivity (Wildman–Crippen MR) is 83.4 cm³/mol. The van der Waals surface area contributed by atoms with Crippen LogP contribution in [0.2, 0.25) is 0 Å². The van der Waals surface area contributed by atoms with E-state index in [9.17, 15) is 0 Å². The summed E-state index contributed by atoms with van der Waals surface area (Å²) in [5, 5.41) is 3.50. The van der Waals surface area contributed by atoms with Crippen molar-refractivity contribution in [2.75, 3.05) is 30.0 Å². The fourth-order valence-electron chi connectivity index (χ4n) is 2.96. The van der Waals surface area contributed by atoms with E-state index in [4.69, 9.17) is 4.74 Å². The van der Waals surface area contributed by atoms with Crippen molar-refractivity contribution in [3.05, 3.63) is 23.8 Å². The van der Waals surface area contributed by atoms with Gasteiger partial charge in [-0.05, 0) is 43.1 Å². The van der Waals surface area contributed by atoms with Gasteiger partial charge in [-0.15, -0.1) is 0 Å². The van der Waals surface area contributed by atoms with Crippen LogP contribution in [0.3, 0.4) is 0 Å². The highest BCUT2D eigenvalue weighted by atomic mass is 32.2. The number of thioether (sulfide) groups is 1. The fraction of sp³-hybridized carbons (Fsp3) is 0.625. The van der Waals surface area contributed by atoms with Crippen LogP contribution in [0.1, 0.15) is 31.7 Å². The molecule has 2 heterocycles. The molecule has 0 radical (unpaired) electrons. The van der Waals surface area contributed by atoms with Gasteiger partial charge in [-0.1, -0.05) is 19.1 Å². The molecule has 2 aliphatic heterocycles. The smallest absolute Gasteiger partial charge is 0.142 e. The van der Waals surface area contributed by atoms with Gasteiger partial charge in [-0.25, -0.2) is 0 Å². The lowest BCUT2D eigenvalue weighted by Crippen LogP contribution is -2.31. The summed E-state index contributed by atoms with van der Waals surface area (Å²) >= 11 is 2.07. The number of aryl methyl sites for hydroxylation is 1. The van der Waals surface area contributed by atoms with Gasteiger partial charge in [0.1, 0.15) is 5.75 Å². The van der Waals surface area contributed by atoms with Gasteiger partial charge in [0, 0.05) is 17.7 Å². The summed E-state index contributed by atoms with van der Waals surface area (Å²) in [5.41, 5.74) is 2.99. The Balaban J connectivity index is 1.69. The lowest BCUT2D eigenvalue weighted by molar-refractivity contribution is 0.171. The van der Waals surface area contributed by atoms with Crippen molar-refractivity contribution in [1.82, 2.24) is 0 Å². The molecular weight excluding hydrogens is 254 g/mol. The van der Waals surface area contributed by atoms with Gasteiger partial charge in [-0.3, -0.25) is 0 Å². The molecular formula is C16H23NOS. The average Bonchev–Trinajstić information content (AvgIpc) is 2.46. The Morgan fingerprint density at radius 3 is 3.16 bits per heavy atom. The molecule has 2 nitrogen and oxygen atoms in total. The average molecular weight is 277 g/mol. The second kappa shape index (κ2) is 5.66. The predicted octanol–water partition coefficient (Wildman–Crippen LogP) is 3.96. The van der Waals surface area contributed by atoms with Gasteiger partial charge >= 0.3 is 0 Å². The largest absolute Gasteiger partial charge is 0.491 e. The number of hydrogen-bond acceptors (Lipinski definition) is 3. The van der Waals surface area contributed by atoms with Crippen LogP contribution in [0.4, 0.5) is 5.69 Å². The highest BCUT2D eigenvalue weighted by Crippen LogP contribution is 2.37. The lowest BCUT2D eigenvalue weighted by atomic mass is 9.88. The molecule has 0 bridgehead atoms. The van der Waals surface area contributed by atoms with Crippen molar-refractivity contribution in [2.45, 2.75) is 32.6 Å². The van der Waals surface area contributed by atoms with Crippen molar-refractivity contribution < 1.29 is 4.74 Å². The van der Waals surface area contributed by atoms with Crippen LogP contribution in [-0.2, 0) is 6.42 Å². The van der Waals surface area contributed by atoms with Gasteiger partial charge in [-0.2, -0.15) is 11.8 Å². The molecule has 0 saturated carbocycles. The maximum atomic E-state index is 6.17. The number of rotatable bonds is 3. The molecule has 0 amide bonds. The minimum atomic E-state index is 0.348. The van der Waals surface area contributed by atoms with Gasteiger partial charge in [0.2, 0.25) is 0 Å². The van der Waals surface area contributed by atoms with Crippen LogP contribution in [0.25, 0.3) is 0 Å². The Morgan fingerprint density at radius 1 is 1.37 bits per heavy atom. The molecule has 19 heavy (non-hydrogen) atoms. The summed E-state index contributed by atoms with van der Waals surface area (Å²) in [6.07, 6.45) is 5.02. The molecule has 1 unspecified atom stereocenters. The van der Waals surface area contributed by atoms with Crippen molar-refractivity contribution in [2.24, 2.45) is 5.41 Å². The van der Waals surface area contributed by atoms with Crippen molar-refractivity contribution in [3.63, 3.8) is 0 Å². The molecule has 3 heteroatoms. The molecule has 1 fully saturated rings. The first-order chi connectivity index (χ1) is 9.27. The number of fused-ring (bicyclic) bond motifs is 1. The van der Waals surface area contributed by atoms with E-state index >= 15 is 0 Å². The normalized spacial score (nSPS) is 26.4. The summed E-state index contributed by atoms with van der Waals surface area (Å²) in [6.45, 7) is 4.28. The summed E-state index contributed by atoms with van der Waals surface area (Å²) in [4.78, 5) is 0. The highest BCUT2D eigenvalue weighted by molar-refractivity contribution is 7.99. The molecule has 104 valence electrons. The summed E-state index contributed by atoms with van der Waals surface area (Å²) in [6, 6.07) is 6.45. The maximum absolute atomic E-state index is 6.17. The third-order valence-electron chi connectivity index (χ3n) is 4.13. The van der Waals surface area contributed by atoms with Crippen molar-refractivity contribution >= 4 is 17.4 Å². The Morgan fingerprint density at radius 2 is 2.32 bits per heavy atom. The molecule has 1 N–H and O–H groups in total. The van der Waals surface area contributed by atoms with Gasteiger partial charge in [0.15, 0.2) is 0 Å². The topological polar surface area (TPSA) is 21.3 Å². The zero-order valence-corrected chi connectivity index (χ0v) is 12.5. The van der Waals surface area contributed by atoms with Crippen LogP contribution in [0.15, 0.2) is 18.2 Å². The van der Waals surface area contributed by atoms with Crippen LogP contribution in [0, 0.1) is 5.41 Å².